The van der Waals surface area contributed by atoms with E-state index in [1.54, 1.807) is 54.9 Å². The number of nitrogens with zero attached hydrogens (tertiary/aromatic N) is 6. The fourth-order valence-corrected chi connectivity index (χ4v) is 13.6. The largest absolute Gasteiger partial charge is 0.508 e. The number of nitrogens with one attached hydrogen (secondary N) is 2. The molecule has 0 atom stereocenters. The Morgan fingerprint density at radius 1 is 0.440 bits per heavy atom. The smallest absolute Gasteiger partial charge is 0.494 e. The Balaban J connectivity index is 0.000000151. The summed E-state index contributed by atoms with van der Waals surface area (Å²) >= 11 is 16.3. The van der Waals surface area contributed by atoms with Gasteiger partial charge in [0.1, 0.15) is 39.3 Å². The molecule has 0 spiro atoms. The molecule has 3 aliphatic heterocycles. The maximum absolute atomic E-state index is 12.3. The van der Waals surface area contributed by atoms with Gasteiger partial charge in [-0.2, -0.15) is 0 Å². The Bertz CT molecular complexity index is 6170. The number of nitro benzene ring substituents is 1. The molecule has 8 aromatic carbocycles. The second-order valence-corrected chi connectivity index (χ2v) is 35.4. The van der Waals surface area contributed by atoms with Gasteiger partial charge in [-0.3, -0.25) is 19.7 Å². The number of pyridine rings is 4. The van der Waals surface area contributed by atoms with Crippen LogP contribution in [-0.4, -0.2) is 138 Å². The van der Waals surface area contributed by atoms with Crippen molar-refractivity contribution >= 4 is 173 Å². The Hall–Kier alpha value is -10.3. The van der Waals surface area contributed by atoms with Gasteiger partial charge in [0.15, 0.2) is 52.5 Å². The molecular weight excluding hydrogens is 1930 g/mol. The highest BCUT2D eigenvalue weighted by atomic mass is 79.9. The van der Waals surface area contributed by atoms with Crippen molar-refractivity contribution in [2.45, 2.75) is 123 Å². The molecule has 7 N–H and O–H groups in total. The van der Waals surface area contributed by atoms with Gasteiger partial charge in [-0.1, -0.05) is 137 Å². The summed E-state index contributed by atoms with van der Waals surface area (Å²) in [6.45, 7) is 23.9. The van der Waals surface area contributed by atoms with Crippen molar-refractivity contribution in [1.29, 1.82) is 0 Å². The molecular formula is C89H91B3Br5N9O19. The van der Waals surface area contributed by atoms with E-state index in [2.05, 4.69) is 124 Å². The number of anilines is 1. The number of aromatic amines is 2. The zero-order chi connectivity index (χ0) is 90.9. The summed E-state index contributed by atoms with van der Waals surface area (Å²) < 4.78 is 69.5. The number of ether oxygens (including phenoxy) is 3. The lowest BCUT2D eigenvalue weighted by Crippen LogP contribution is -2.41. The van der Waals surface area contributed by atoms with Crippen molar-refractivity contribution < 1.29 is 75.6 Å². The Kier molecular flexibility index (Phi) is 32.8. The standard InChI is InChI=1S/C21H13N3O2.C14H9BrN2O.C13H16BNO3.C12H24B2O4.C7H4BrNO.C6H4BrNO3.C6H6BrNO.C6H5BrO.C4H10O3/c25-18-8-9-22-21-16(18)11-15(20(24-21)13-4-2-1-3-5-13)14-6-7-19-17(10-14)23-12-26-19;15-11-8-10-12(18)6-7-16-14(10)17-13(11)9-4-2-1-3-5-9;1-12(2)13(3,4)18-14(17-12)9-5-6-11-10(7-9)15-8-16-11;1-9(2)10(3,4)16-13(15-9)14-17-11(5,6)12(7,8)18-14;8-5-1-2-7-6(3-5)9-4-10-7;7-4-1-2-6(9)5(3-4)8(10)11;7-4-1-2-6(9)5(8)3-4;7-5-1-3-6(8)4-2-5;1-5-4(6-2)7-3/h1-12H,(H,22,24,25);1-8H,(H,16,17,18);5-8H,1-4H3;1-8H3;1-4H;1-3,9H;1-3,9H,8H2;1-4,8H;4H,1-3H3. The van der Waals surface area contributed by atoms with E-state index in [-0.39, 0.29) is 68.8 Å². The van der Waals surface area contributed by atoms with Gasteiger partial charge in [-0.15, -0.1) is 0 Å². The number of nitrogens with two attached hydrogens (primary N) is 1. The number of benzene rings is 8. The number of aromatic hydroxyl groups is 3. The number of methoxy groups -OCH3 is 3. The summed E-state index contributed by atoms with van der Waals surface area (Å²) in [5.41, 5.74) is 15.6. The molecule has 3 saturated heterocycles. The van der Waals surface area contributed by atoms with Crippen molar-refractivity contribution in [2.75, 3.05) is 27.1 Å². The van der Waals surface area contributed by atoms with Crippen LogP contribution in [0, 0.1) is 10.1 Å². The van der Waals surface area contributed by atoms with Gasteiger partial charge in [0, 0.05) is 91.0 Å². The molecule has 125 heavy (non-hydrogen) atoms. The van der Waals surface area contributed by atoms with Crippen LogP contribution in [0.25, 0.3) is 89.0 Å². The van der Waals surface area contributed by atoms with Gasteiger partial charge in [0.05, 0.1) is 66.4 Å². The molecule has 0 radical (unpaired) electrons. The number of phenolic OH excluding ortho intramolecular Hbond substituents is 3. The predicted octanol–water partition coefficient (Wildman–Crippen LogP) is 20.9. The van der Waals surface area contributed by atoms with Crippen molar-refractivity contribution in [1.82, 2.24) is 34.9 Å². The minimum absolute atomic E-state index is 0.0310. The van der Waals surface area contributed by atoms with Crippen LogP contribution in [-0.2, 0) is 42.1 Å². The van der Waals surface area contributed by atoms with Gasteiger partial charge in [-0.25, -0.2) is 24.9 Å². The highest BCUT2D eigenvalue weighted by molar-refractivity contribution is 9.11. The molecule has 3 aliphatic rings. The number of aromatic nitrogens is 7. The minimum atomic E-state index is -0.639. The van der Waals surface area contributed by atoms with E-state index in [0.717, 1.165) is 90.3 Å². The van der Waals surface area contributed by atoms with Gasteiger partial charge in [0.25, 0.3) is 6.48 Å². The second kappa shape index (κ2) is 42.3. The number of H-pyrrole nitrogens is 2. The van der Waals surface area contributed by atoms with Gasteiger partial charge in [0.2, 0.25) is 0 Å². The molecule has 0 bridgehead atoms. The van der Waals surface area contributed by atoms with Crippen LogP contribution in [0.5, 0.6) is 17.2 Å². The number of nitro groups is 1. The lowest BCUT2D eigenvalue weighted by atomic mass is 9.49. The maximum atomic E-state index is 12.3. The minimum Gasteiger partial charge on any atom is -0.508 e. The van der Waals surface area contributed by atoms with E-state index in [0.29, 0.717) is 38.0 Å². The third-order valence-corrected chi connectivity index (χ3v) is 23.3. The number of fused-ring (bicyclic) bond motifs is 5. The summed E-state index contributed by atoms with van der Waals surface area (Å²) in [5.74, 6) is 0.101. The first kappa shape index (κ1) is 96.9. The highest BCUT2D eigenvalue weighted by Crippen LogP contribution is 2.44. The van der Waals surface area contributed by atoms with E-state index in [1.165, 1.54) is 70.8 Å². The average Bonchev–Trinajstić information content (AvgIpc) is 1.62. The van der Waals surface area contributed by atoms with Crippen LogP contribution in [0.15, 0.2) is 277 Å². The van der Waals surface area contributed by atoms with Gasteiger partial charge in [-0.05, 0) is 219 Å². The van der Waals surface area contributed by atoms with E-state index < -0.39 is 25.4 Å². The molecule has 0 amide bonds. The van der Waals surface area contributed by atoms with Gasteiger partial charge >= 0.3 is 26.8 Å². The zero-order valence-electron chi connectivity index (χ0n) is 70.8. The predicted molar refractivity (Wildman–Crippen MR) is 503 cm³/mol. The second-order valence-electron chi connectivity index (χ2n) is 30.9. The fraction of sp³-hybridized carbons (Fsp3) is 0.247. The summed E-state index contributed by atoms with van der Waals surface area (Å²) in [4.78, 5) is 61.2. The monoisotopic (exact) mass is 2020 g/mol. The van der Waals surface area contributed by atoms with Crippen LogP contribution in [0.1, 0.15) is 83.1 Å². The summed E-state index contributed by atoms with van der Waals surface area (Å²) in [7, 11) is 3.23. The molecule has 0 unspecified atom stereocenters. The number of phenols is 3. The first-order chi connectivity index (χ1) is 59.1. The molecule has 18 rings (SSSR count). The van der Waals surface area contributed by atoms with Crippen molar-refractivity contribution in [3.8, 4) is 50.9 Å². The summed E-state index contributed by atoms with van der Waals surface area (Å²) in [6.07, 6.45) is 7.54. The van der Waals surface area contributed by atoms with Crippen LogP contribution in [0.2, 0.25) is 0 Å². The molecule has 36 heteroatoms. The van der Waals surface area contributed by atoms with Crippen LogP contribution >= 0.6 is 79.6 Å². The lowest BCUT2D eigenvalue weighted by molar-refractivity contribution is -0.385. The van der Waals surface area contributed by atoms with E-state index >= 15 is 0 Å². The molecule has 28 nitrogen and oxygen atoms in total. The van der Waals surface area contributed by atoms with E-state index in [9.17, 15) is 19.7 Å². The van der Waals surface area contributed by atoms with E-state index in [1.807, 2.05) is 210 Å². The Labute approximate surface area is 763 Å². The lowest BCUT2D eigenvalue weighted by Gasteiger charge is -2.32. The van der Waals surface area contributed by atoms with Crippen LogP contribution in [0.4, 0.5) is 11.4 Å². The number of halogens is 5. The highest BCUT2D eigenvalue weighted by Gasteiger charge is 2.64. The topological polar surface area (TPSA) is 383 Å². The SMILES string of the molecule is Brc1ccc2ocnc2c1.CC1(C)OB(B2OC(C)(C)C(C)(C)O2)OC1(C)C.CC1(C)OB(c2ccc3ocnc3c2)OC1(C)C.COC(OC)OC.Nc1cc(Br)ccc1O.O=[N+]([O-])c1cc(Br)ccc1O.O=c1cc[nH]c2nc(-c3ccccc3)c(-c3ccc4ocnc4c3)cc12.O=c1cc[nH]c2nc(-c3ccccc3)c(Br)cc12.Oc1ccc(Br)cc1. The number of nitrogen functional groups attached to an aromatic ring is 1. The molecule has 0 aliphatic carbocycles. The Morgan fingerprint density at radius 3 is 1.29 bits per heavy atom. The van der Waals surface area contributed by atoms with E-state index in [4.69, 9.17) is 67.2 Å². The average molecular weight is 2020 g/mol. The fourth-order valence-electron chi connectivity index (χ4n) is 11.8. The van der Waals surface area contributed by atoms with Crippen LogP contribution < -0.4 is 22.1 Å². The summed E-state index contributed by atoms with van der Waals surface area (Å²) in [5, 5.41) is 37.9. The quantitative estimate of drug-likeness (QED) is 0.0195. The zero-order valence-corrected chi connectivity index (χ0v) is 78.7. The first-order valence-electron chi connectivity index (χ1n) is 38.6. The molecule has 7 aromatic heterocycles. The molecule has 650 valence electrons. The molecule has 15 aromatic rings. The third kappa shape index (κ3) is 25.1. The van der Waals surface area contributed by atoms with Gasteiger partial charge < -0.3 is 86.4 Å². The van der Waals surface area contributed by atoms with Crippen molar-refractivity contribution in [3.05, 3.63) is 285 Å². The Morgan fingerprint density at radius 2 is 0.840 bits per heavy atom. The molecule has 0 saturated carbocycles. The number of oxazole rings is 3. The number of hydrogen-bond donors (Lipinski definition) is 6. The summed E-state index contributed by atoms with van der Waals surface area (Å²) in [6, 6.07) is 59.6. The number of rotatable bonds is 9. The van der Waals surface area contributed by atoms with Crippen molar-refractivity contribution in [2.24, 2.45) is 0 Å². The third-order valence-electron chi connectivity index (χ3n) is 20.6. The maximum Gasteiger partial charge on any atom is 0.494 e. The molecule has 3 fully saturated rings. The van der Waals surface area contributed by atoms with Crippen molar-refractivity contribution in [3.63, 3.8) is 0 Å². The molecule has 10 heterocycles. The normalized spacial score (nSPS) is 15.1. The van der Waals surface area contributed by atoms with Crippen LogP contribution in [0.3, 0.4) is 0 Å². The first-order valence-corrected chi connectivity index (χ1v) is 42.5. The number of hydrogen-bond acceptors (Lipinski definition) is 25.